The van der Waals surface area contributed by atoms with Gasteiger partial charge in [0.25, 0.3) is 0 Å². The number of hydrogen-bond donors (Lipinski definition) is 4. The minimum absolute atomic E-state index is 0. The predicted molar refractivity (Wildman–Crippen MR) is 124 cm³/mol. The van der Waals surface area contributed by atoms with Gasteiger partial charge in [0.1, 0.15) is 6.10 Å². The van der Waals surface area contributed by atoms with E-state index in [1.54, 1.807) is 11.3 Å². The molecule has 0 spiro atoms. The van der Waals surface area contributed by atoms with Crippen molar-refractivity contribution in [3.63, 3.8) is 0 Å². The molecule has 1 aliphatic carbocycles. The minimum atomic E-state index is -0.676. The maximum atomic E-state index is 10.6. The summed E-state index contributed by atoms with van der Waals surface area (Å²) in [6, 6.07) is 10.2. The molecule has 0 saturated heterocycles. The van der Waals surface area contributed by atoms with Crippen LogP contribution in [-0.2, 0) is 0 Å². The summed E-state index contributed by atoms with van der Waals surface area (Å²) in [5.74, 6) is 0.645. The van der Waals surface area contributed by atoms with E-state index in [1.165, 1.54) is 11.1 Å². The number of halogens is 1. The van der Waals surface area contributed by atoms with Gasteiger partial charge < -0.3 is 20.8 Å². The van der Waals surface area contributed by atoms with Crippen LogP contribution in [0.5, 0.6) is 0 Å². The molecule has 1 unspecified atom stereocenters. The SMILES string of the molecule is CCNC(=NCC1(O)CCCCC1)NCC(O)c1cc2ccccc2s1.I. The highest BCUT2D eigenvalue weighted by Crippen LogP contribution is 2.30. The van der Waals surface area contributed by atoms with Crippen molar-refractivity contribution in [1.29, 1.82) is 0 Å². The Hall–Kier alpha value is -0.900. The number of benzene rings is 1. The Balaban J connectivity index is 0.00000261. The Morgan fingerprint density at radius 2 is 1.96 bits per heavy atom. The number of aliphatic hydroxyl groups is 2. The molecule has 1 atom stereocenters. The zero-order chi connectivity index (χ0) is 18.4. The third-order valence-corrected chi connectivity index (χ3v) is 6.11. The van der Waals surface area contributed by atoms with Crippen LogP contribution in [0, 0.1) is 0 Å². The number of nitrogens with zero attached hydrogens (tertiary/aromatic N) is 1. The lowest BCUT2D eigenvalue weighted by Gasteiger charge is -2.30. The van der Waals surface area contributed by atoms with E-state index in [-0.39, 0.29) is 24.0 Å². The maximum absolute atomic E-state index is 10.6. The van der Waals surface area contributed by atoms with Gasteiger partial charge in [0.2, 0.25) is 0 Å². The summed E-state index contributed by atoms with van der Waals surface area (Å²) in [6.45, 7) is 3.54. The van der Waals surface area contributed by atoms with E-state index in [9.17, 15) is 10.2 Å². The number of guanidine groups is 1. The zero-order valence-electron chi connectivity index (χ0n) is 15.8. The third-order valence-electron chi connectivity index (χ3n) is 4.90. The lowest BCUT2D eigenvalue weighted by atomic mass is 9.85. The van der Waals surface area contributed by atoms with E-state index >= 15 is 0 Å². The van der Waals surface area contributed by atoms with Gasteiger partial charge in [-0.15, -0.1) is 35.3 Å². The van der Waals surface area contributed by atoms with Crippen molar-refractivity contribution in [2.45, 2.75) is 50.7 Å². The van der Waals surface area contributed by atoms with Crippen molar-refractivity contribution in [3.8, 4) is 0 Å². The topological polar surface area (TPSA) is 76.9 Å². The normalized spacial score (nSPS) is 18.0. The average Bonchev–Trinajstić information content (AvgIpc) is 3.09. The van der Waals surface area contributed by atoms with Crippen molar-refractivity contribution in [2.75, 3.05) is 19.6 Å². The molecule has 0 amide bonds. The van der Waals surface area contributed by atoms with E-state index in [0.29, 0.717) is 19.0 Å². The Labute approximate surface area is 182 Å². The number of nitrogens with one attached hydrogen (secondary N) is 2. The quantitative estimate of drug-likeness (QED) is 0.275. The molecule has 1 saturated carbocycles. The lowest BCUT2D eigenvalue weighted by Crippen LogP contribution is -2.42. The highest BCUT2D eigenvalue weighted by Gasteiger charge is 2.28. The summed E-state index contributed by atoms with van der Waals surface area (Å²) in [4.78, 5) is 5.50. The van der Waals surface area contributed by atoms with Crippen LogP contribution in [0.2, 0.25) is 0 Å². The van der Waals surface area contributed by atoms with Gasteiger partial charge in [0.15, 0.2) is 5.96 Å². The number of aliphatic imine (C=N–C) groups is 1. The first-order valence-corrected chi connectivity index (χ1v) is 10.3. The average molecular weight is 503 g/mol. The number of fused-ring (bicyclic) bond motifs is 1. The van der Waals surface area contributed by atoms with E-state index in [0.717, 1.165) is 42.5 Å². The molecule has 150 valence electrons. The van der Waals surface area contributed by atoms with E-state index in [2.05, 4.69) is 27.8 Å². The van der Waals surface area contributed by atoms with Crippen molar-refractivity contribution in [3.05, 3.63) is 35.2 Å². The van der Waals surface area contributed by atoms with Crippen LogP contribution in [0.15, 0.2) is 35.3 Å². The summed E-state index contributed by atoms with van der Waals surface area (Å²) in [5.41, 5.74) is -0.676. The molecular formula is C20H30IN3O2S. The van der Waals surface area contributed by atoms with E-state index < -0.39 is 11.7 Å². The number of rotatable bonds is 6. The molecule has 2 aromatic rings. The third kappa shape index (κ3) is 6.30. The standard InChI is InChI=1S/C20H29N3O2S.HI/c1-2-21-19(23-14-20(25)10-6-3-7-11-20)22-13-16(24)18-12-15-8-4-5-9-17(15)26-18;/h4-5,8-9,12,16,24-25H,2-3,6-7,10-11,13-14H2,1H3,(H2,21,22,23);1H. The summed E-state index contributed by atoms with van der Waals surface area (Å²) in [6.07, 6.45) is 4.39. The van der Waals surface area contributed by atoms with E-state index in [1.807, 2.05) is 25.1 Å². The number of hydrogen-bond acceptors (Lipinski definition) is 4. The molecule has 1 fully saturated rings. The fraction of sp³-hybridized carbons (Fsp3) is 0.550. The molecule has 4 N–H and O–H groups in total. The van der Waals surface area contributed by atoms with Crippen molar-refractivity contribution in [1.82, 2.24) is 10.6 Å². The fourth-order valence-electron chi connectivity index (χ4n) is 3.40. The van der Waals surface area contributed by atoms with Gasteiger partial charge in [-0.05, 0) is 37.3 Å². The largest absolute Gasteiger partial charge is 0.388 e. The molecule has 3 rings (SSSR count). The van der Waals surface area contributed by atoms with Crippen molar-refractivity contribution >= 4 is 51.4 Å². The highest BCUT2D eigenvalue weighted by molar-refractivity contribution is 14.0. The van der Waals surface area contributed by atoms with Crippen LogP contribution in [0.4, 0.5) is 0 Å². The van der Waals surface area contributed by atoms with Crippen LogP contribution in [0.25, 0.3) is 10.1 Å². The fourth-order valence-corrected chi connectivity index (χ4v) is 4.45. The van der Waals surface area contributed by atoms with Crippen LogP contribution in [0.1, 0.15) is 50.0 Å². The Kier molecular flexibility index (Phi) is 8.78. The van der Waals surface area contributed by atoms with Crippen LogP contribution < -0.4 is 10.6 Å². The minimum Gasteiger partial charge on any atom is -0.388 e. The van der Waals surface area contributed by atoms with Gasteiger partial charge in [-0.2, -0.15) is 0 Å². The number of thiophene rings is 1. The molecule has 0 aliphatic heterocycles. The molecule has 0 radical (unpaired) electrons. The molecule has 5 nitrogen and oxygen atoms in total. The first-order chi connectivity index (χ1) is 12.6. The molecule has 1 heterocycles. The van der Waals surface area contributed by atoms with Crippen molar-refractivity contribution in [2.24, 2.45) is 4.99 Å². The second kappa shape index (κ2) is 10.6. The smallest absolute Gasteiger partial charge is 0.191 e. The van der Waals surface area contributed by atoms with Gasteiger partial charge in [0, 0.05) is 22.7 Å². The van der Waals surface area contributed by atoms with E-state index in [4.69, 9.17) is 0 Å². The molecule has 27 heavy (non-hydrogen) atoms. The summed E-state index contributed by atoms with van der Waals surface area (Å²) < 4.78 is 1.18. The van der Waals surface area contributed by atoms with Crippen LogP contribution in [0.3, 0.4) is 0 Å². The molecular weight excluding hydrogens is 473 g/mol. The molecule has 1 aromatic carbocycles. The lowest BCUT2D eigenvalue weighted by molar-refractivity contribution is 0.0131. The van der Waals surface area contributed by atoms with Gasteiger partial charge in [-0.3, -0.25) is 4.99 Å². The molecule has 1 aromatic heterocycles. The predicted octanol–water partition coefficient (Wildman–Crippen LogP) is 3.80. The number of aliphatic hydroxyl groups excluding tert-OH is 1. The molecule has 1 aliphatic rings. The Morgan fingerprint density at radius 3 is 2.67 bits per heavy atom. The first-order valence-electron chi connectivity index (χ1n) is 9.51. The van der Waals surface area contributed by atoms with Crippen LogP contribution >= 0.6 is 35.3 Å². The van der Waals surface area contributed by atoms with Crippen molar-refractivity contribution < 1.29 is 10.2 Å². The summed E-state index contributed by atoms with van der Waals surface area (Å²) >= 11 is 1.62. The van der Waals surface area contributed by atoms with Crippen LogP contribution in [-0.4, -0.2) is 41.4 Å². The first kappa shape index (κ1) is 22.4. The van der Waals surface area contributed by atoms with Gasteiger partial charge in [0.05, 0.1) is 12.1 Å². The summed E-state index contributed by atoms with van der Waals surface area (Å²) in [5, 5.41) is 28.7. The van der Waals surface area contributed by atoms with Gasteiger partial charge in [-0.1, -0.05) is 37.5 Å². The zero-order valence-corrected chi connectivity index (χ0v) is 18.9. The molecule has 0 bridgehead atoms. The van der Waals surface area contributed by atoms with Gasteiger partial charge >= 0.3 is 0 Å². The maximum Gasteiger partial charge on any atom is 0.191 e. The monoisotopic (exact) mass is 503 g/mol. The highest BCUT2D eigenvalue weighted by atomic mass is 127. The Morgan fingerprint density at radius 1 is 1.22 bits per heavy atom. The molecule has 7 heteroatoms. The van der Waals surface area contributed by atoms with Gasteiger partial charge in [-0.25, -0.2) is 0 Å². The summed E-state index contributed by atoms with van der Waals surface area (Å²) in [7, 11) is 0. The Bertz CT molecular complexity index is 711. The second-order valence-electron chi connectivity index (χ2n) is 7.06. The second-order valence-corrected chi connectivity index (χ2v) is 8.18.